The van der Waals surface area contributed by atoms with Crippen LogP contribution in [0.15, 0.2) is 24.3 Å². The van der Waals surface area contributed by atoms with Gasteiger partial charge in [-0.15, -0.1) is 0 Å². The molecular weight excluding hydrogens is 767 g/mol. The molecule has 0 bridgehead atoms. The molecule has 0 saturated carbocycles. The van der Waals surface area contributed by atoms with E-state index in [4.69, 9.17) is 15.6 Å². The second-order valence-electron chi connectivity index (χ2n) is 4.88. The van der Waals surface area contributed by atoms with Crippen molar-refractivity contribution in [2.45, 2.75) is 12.5 Å². The molecule has 9 heteroatoms. The monoisotopic (exact) mass is 778 g/mol. The van der Waals surface area contributed by atoms with Crippen molar-refractivity contribution in [3.05, 3.63) is 44.1 Å². The minimum atomic E-state index is -1.02. The molecule has 2 aromatic rings. The predicted molar refractivity (Wildman–Crippen MR) is 125 cm³/mol. The molecule has 0 aromatic heterocycles. The third kappa shape index (κ3) is 5.20. The van der Waals surface area contributed by atoms with Gasteiger partial charge in [-0.3, -0.25) is 4.79 Å². The molecule has 2 aromatic carbocycles. The number of halogens is 4. The molecule has 0 saturated heterocycles. The average molecular weight is 778 g/mol. The maximum atomic E-state index is 10.9. The summed E-state index contributed by atoms with van der Waals surface area (Å²) >= 11 is 8.42. The van der Waals surface area contributed by atoms with E-state index in [1.54, 1.807) is 12.1 Å². The van der Waals surface area contributed by atoms with Crippen molar-refractivity contribution in [2.75, 3.05) is 0 Å². The number of carbonyl (C=O) groups is 1. The number of hydrogen-bond acceptors (Lipinski definition) is 4. The molecule has 0 aliphatic rings. The highest BCUT2D eigenvalue weighted by molar-refractivity contribution is 14.1. The van der Waals surface area contributed by atoms with E-state index in [1.807, 2.05) is 12.1 Å². The first-order chi connectivity index (χ1) is 11.2. The van der Waals surface area contributed by atoms with E-state index >= 15 is 0 Å². The van der Waals surface area contributed by atoms with E-state index in [1.165, 1.54) is 0 Å². The number of rotatable bonds is 5. The van der Waals surface area contributed by atoms with Gasteiger partial charge in [-0.05, 0) is 127 Å². The van der Waals surface area contributed by atoms with Crippen LogP contribution >= 0.6 is 90.4 Å². The molecule has 0 spiro atoms. The Morgan fingerprint density at radius 3 is 2.00 bits per heavy atom. The normalized spacial score (nSPS) is 12.0. The van der Waals surface area contributed by atoms with E-state index in [0.717, 1.165) is 12.7 Å². The summed E-state index contributed by atoms with van der Waals surface area (Å²) in [6.45, 7) is 0. The van der Waals surface area contributed by atoms with Gasteiger partial charge in [0.25, 0.3) is 0 Å². The lowest BCUT2D eigenvalue weighted by molar-refractivity contribution is -0.138. The third-order valence-electron chi connectivity index (χ3n) is 3.04. The summed E-state index contributed by atoms with van der Waals surface area (Å²) in [6, 6.07) is 6.34. The Morgan fingerprint density at radius 2 is 1.54 bits per heavy atom. The number of phenols is 1. The van der Waals surface area contributed by atoms with Gasteiger partial charge in [0, 0.05) is 0 Å². The predicted octanol–water partition coefficient (Wildman–Crippen LogP) is 4.56. The van der Waals surface area contributed by atoms with Gasteiger partial charge in [0.1, 0.15) is 17.5 Å². The average Bonchev–Trinajstić information content (AvgIpc) is 2.48. The lowest BCUT2D eigenvalue weighted by Crippen LogP contribution is -2.32. The summed E-state index contributed by atoms with van der Waals surface area (Å²) < 4.78 is 9.14. The fourth-order valence-corrected chi connectivity index (χ4v) is 5.72. The van der Waals surface area contributed by atoms with Gasteiger partial charge in [0.2, 0.25) is 0 Å². The van der Waals surface area contributed by atoms with Gasteiger partial charge >= 0.3 is 5.97 Å². The van der Waals surface area contributed by atoms with E-state index < -0.39 is 12.0 Å². The maximum absolute atomic E-state index is 10.9. The first-order valence-corrected chi connectivity index (χ1v) is 10.8. The van der Waals surface area contributed by atoms with Crippen LogP contribution in [0.2, 0.25) is 0 Å². The van der Waals surface area contributed by atoms with Crippen molar-refractivity contribution >= 4 is 96.3 Å². The molecule has 2 rings (SSSR count). The number of nitrogens with two attached hydrogens (primary N) is 1. The quantitative estimate of drug-likeness (QED) is 0.306. The second-order valence-corrected chi connectivity index (χ2v) is 9.52. The van der Waals surface area contributed by atoms with Gasteiger partial charge in [-0.2, -0.15) is 0 Å². The standard InChI is InChI=1S/C15H11I4NO4/c16-8-4-7(5-9(17)13(8)21)24-14-10(18)1-6(2-11(14)19)3-12(20)15(22)23/h1-2,4-5,12,21H,3,20H2,(H,22,23)/i15+1. The van der Waals surface area contributed by atoms with Crippen LogP contribution in [0.25, 0.3) is 0 Å². The summed E-state index contributed by atoms with van der Waals surface area (Å²) in [5.41, 5.74) is 6.44. The van der Waals surface area contributed by atoms with Gasteiger partial charge < -0.3 is 20.7 Å². The molecule has 4 N–H and O–H groups in total. The number of hydrogen-bond donors (Lipinski definition) is 3. The van der Waals surface area contributed by atoms with Crippen molar-refractivity contribution in [3.63, 3.8) is 0 Å². The number of benzene rings is 2. The largest absolute Gasteiger partial charge is 0.506 e. The Labute approximate surface area is 193 Å². The minimum Gasteiger partial charge on any atom is -0.506 e. The van der Waals surface area contributed by atoms with Crippen molar-refractivity contribution < 1.29 is 19.7 Å². The zero-order chi connectivity index (χ0) is 18.0. The highest BCUT2D eigenvalue weighted by atomic mass is 127. The van der Waals surface area contributed by atoms with E-state index in [-0.39, 0.29) is 12.2 Å². The smallest absolute Gasteiger partial charge is 0.320 e. The molecule has 5 nitrogen and oxygen atoms in total. The fourth-order valence-electron chi connectivity index (χ4n) is 1.89. The molecule has 0 aliphatic heterocycles. The van der Waals surface area contributed by atoms with E-state index in [2.05, 4.69) is 90.4 Å². The highest BCUT2D eigenvalue weighted by Gasteiger charge is 2.16. The summed E-state index contributed by atoms with van der Waals surface area (Å²) in [7, 11) is 0. The zero-order valence-corrected chi connectivity index (χ0v) is 20.5. The Kier molecular flexibility index (Phi) is 7.64. The number of carboxylic acids is 1. The zero-order valence-electron chi connectivity index (χ0n) is 11.9. The molecular formula is C15H11I4NO4. The topological polar surface area (TPSA) is 92.8 Å². The SMILES string of the molecule is NC(Cc1cc(I)c(Oc2cc(I)c(O)c(I)c2)c(I)c1)[13C](=O)O. The van der Waals surface area contributed by atoms with Crippen LogP contribution in [0.5, 0.6) is 17.2 Å². The van der Waals surface area contributed by atoms with Crippen molar-refractivity contribution in [2.24, 2.45) is 5.73 Å². The lowest BCUT2D eigenvalue weighted by Gasteiger charge is -2.14. The Hall–Kier alpha value is 0.390. The molecule has 0 amide bonds. The van der Waals surface area contributed by atoms with Crippen LogP contribution in [0.1, 0.15) is 5.56 Å². The molecule has 1 atom stereocenters. The van der Waals surface area contributed by atoms with Gasteiger partial charge in [0.15, 0.2) is 5.75 Å². The molecule has 0 radical (unpaired) electrons. The molecule has 0 heterocycles. The van der Waals surface area contributed by atoms with Crippen molar-refractivity contribution in [1.29, 1.82) is 0 Å². The third-order valence-corrected chi connectivity index (χ3v) is 6.29. The summed E-state index contributed by atoms with van der Waals surface area (Å²) in [6.07, 6.45) is 0.261. The van der Waals surface area contributed by atoms with Gasteiger partial charge in [-0.1, -0.05) is 0 Å². The summed E-state index contributed by atoms with van der Waals surface area (Å²) in [5.74, 6) is 0.549. The van der Waals surface area contributed by atoms with Gasteiger partial charge in [-0.25, -0.2) is 0 Å². The molecule has 1 unspecified atom stereocenters. The van der Waals surface area contributed by atoms with E-state index in [0.29, 0.717) is 18.6 Å². The molecule has 0 aliphatic carbocycles. The molecule has 128 valence electrons. The first kappa shape index (κ1) is 20.7. The van der Waals surface area contributed by atoms with Crippen molar-refractivity contribution in [1.82, 2.24) is 0 Å². The summed E-state index contributed by atoms with van der Waals surface area (Å²) in [4.78, 5) is 10.9. The minimum absolute atomic E-state index is 0.242. The lowest BCUT2D eigenvalue weighted by atomic mass is 10.1. The fraction of sp³-hybridized carbons (Fsp3) is 0.133. The maximum Gasteiger partial charge on any atom is 0.320 e. The Balaban J connectivity index is 2.30. The Bertz CT molecular complexity index is 751. The second kappa shape index (κ2) is 8.85. The summed E-state index contributed by atoms with van der Waals surface area (Å²) in [5, 5.41) is 18.8. The first-order valence-electron chi connectivity index (χ1n) is 6.51. The number of carboxylic acid groups (broad SMARTS) is 1. The van der Waals surface area contributed by atoms with Crippen LogP contribution < -0.4 is 10.5 Å². The molecule has 0 fully saturated rings. The van der Waals surface area contributed by atoms with Crippen LogP contribution in [0, 0.1) is 14.3 Å². The van der Waals surface area contributed by atoms with E-state index in [9.17, 15) is 9.90 Å². The number of aromatic hydroxyl groups is 1. The molecule has 24 heavy (non-hydrogen) atoms. The number of ether oxygens (including phenoxy) is 1. The number of aliphatic carboxylic acids is 1. The highest BCUT2D eigenvalue weighted by Crippen LogP contribution is 2.36. The van der Waals surface area contributed by atoms with Crippen LogP contribution in [-0.4, -0.2) is 22.2 Å². The van der Waals surface area contributed by atoms with Gasteiger partial charge in [0.05, 0.1) is 14.3 Å². The van der Waals surface area contributed by atoms with Crippen LogP contribution in [0.4, 0.5) is 0 Å². The van der Waals surface area contributed by atoms with Crippen LogP contribution in [0.3, 0.4) is 0 Å². The Morgan fingerprint density at radius 1 is 1.04 bits per heavy atom. The van der Waals surface area contributed by atoms with Crippen molar-refractivity contribution in [3.8, 4) is 17.2 Å². The number of phenolic OH excluding ortho intramolecular Hbond substituents is 1. The van der Waals surface area contributed by atoms with Crippen LogP contribution in [-0.2, 0) is 11.2 Å².